The van der Waals surface area contributed by atoms with Gasteiger partial charge in [0.2, 0.25) is 0 Å². The Labute approximate surface area is 105 Å². The second kappa shape index (κ2) is 5.26. The zero-order chi connectivity index (χ0) is 13.0. The summed E-state index contributed by atoms with van der Waals surface area (Å²) in [5.74, 6) is 0.161. The molecule has 0 amide bonds. The minimum absolute atomic E-state index is 0.161. The summed E-state index contributed by atoms with van der Waals surface area (Å²) in [6.45, 7) is 3.07. The number of anilines is 2. The molecule has 0 radical (unpaired) electrons. The van der Waals surface area contributed by atoms with E-state index in [-0.39, 0.29) is 5.95 Å². The molecule has 94 valence electrons. The maximum atomic E-state index is 5.49. The topological polar surface area (TPSA) is 85.2 Å². The van der Waals surface area contributed by atoms with Gasteiger partial charge in [0.05, 0.1) is 6.21 Å². The van der Waals surface area contributed by atoms with Crippen molar-refractivity contribution in [1.82, 2.24) is 20.3 Å². The number of benzene rings is 1. The van der Waals surface area contributed by atoms with Crippen LogP contribution in [0.3, 0.4) is 0 Å². The summed E-state index contributed by atoms with van der Waals surface area (Å²) < 4.78 is 0. The third-order valence-electron chi connectivity index (χ3n) is 2.60. The van der Waals surface area contributed by atoms with E-state index in [4.69, 9.17) is 5.73 Å². The van der Waals surface area contributed by atoms with Gasteiger partial charge in [-0.2, -0.15) is 5.10 Å². The average Bonchev–Trinajstić information content (AvgIpc) is 2.81. The summed E-state index contributed by atoms with van der Waals surface area (Å²) in [4.78, 5) is 3.33. The van der Waals surface area contributed by atoms with Crippen LogP contribution in [0, 0.1) is 0 Å². The first-order chi connectivity index (χ1) is 8.70. The average molecular weight is 245 g/mol. The molecule has 2 N–H and O–H groups in total. The van der Waals surface area contributed by atoms with Gasteiger partial charge >= 0.3 is 0 Å². The van der Waals surface area contributed by atoms with Gasteiger partial charge in [0.1, 0.15) is 0 Å². The zero-order valence-corrected chi connectivity index (χ0v) is 10.4. The summed E-state index contributed by atoms with van der Waals surface area (Å²) in [6.07, 6.45) is 1.66. The predicted octanol–water partition coefficient (Wildman–Crippen LogP) is 0.594. The van der Waals surface area contributed by atoms with Crippen LogP contribution < -0.4 is 10.6 Å². The van der Waals surface area contributed by atoms with Crippen LogP contribution in [0.5, 0.6) is 0 Å². The van der Waals surface area contributed by atoms with Gasteiger partial charge in [-0.3, -0.25) is 0 Å². The molecule has 7 heteroatoms. The molecule has 7 nitrogen and oxygen atoms in total. The van der Waals surface area contributed by atoms with Gasteiger partial charge in [-0.1, -0.05) is 22.0 Å². The van der Waals surface area contributed by atoms with Crippen LogP contribution in [0.4, 0.5) is 11.6 Å². The minimum Gasteiger partial charge on any atom is -0.375 e. The molecule has 18 heavy (non-hydrogen) atoms. The standard InChI is InChI=1S/C11H15N7/c1-3-17(2)10-6-4-9(5-7-10)8-13-18-11(12)14-15-16-18/h4-8H,3H2,1-2H3,(H2,12,14,16)/b13-8-. The normalized spacial score (nSPS) is 11.0. The summed E-state index contributed by atoms with van der Waals surface area (Å²) in [6, 6.07) is 8.03. The van der Waals surface area contributed by atoms with Crippen molar-refractivity contribution < 1.29 is 0 Å². The van der Waals surface area contributed by atoms with E-state index in [1.165, 1.54) is 4.79 Å². The molecule has 1 aromatic carbocycles. The van der Waals surface area contributed by atoms with Crippen LogP contribution in [0.1, 0.15) is 12.5 Å². The highest BCUT2D eigenvalue weighted by Gasteiger charge is 1.98. The largest absolute Gasteiger partial charge is 0.375 e. The fraction of sp³-hybridized carbons (Fsp3) is 0.273. The maximum Gasteiger partial charge on any atom is 0.263 e. The van der Waals surface area contributed by atoms with Gasteiger partial charge in [0.15, 0.2) is 0 Å². The molecule has 0 aliphatic heterocycles. The van der Waals surface area contributed by atoms with E-state index in [2.05, 4.69) is 32.5 Å². The Bertz CT molecular complexity index is 529. The highest BCUT2D eigenvalue weighted by atomic mass is 15.7. The molecule has 0 aliphatic rings. The van der Waals surface area contributed by atoms with Gasteiger partial charge in [-0.25, -0.2) is 0 Å². The minimum atomic E-state index is 0.161. The summed E-state index contributed by atoms with van der Waals surface area (Å²) >= 11 is 0. The first-order valence-electron chi connectivity index (χ1n) is 5.60. The molecule has 1 heterocycles. The van der Waals surface area contributed by atoms with Crippen molar-refractivity contribution in [3.63, 3.8) is 0 Å². The summed E-state index contributed by atoms with van der Waals surface area (Å²) in [7, 11) is 2.05. The SMILES string of the molecule is CCN(C)c1ccc(/C=N\n2nnnc2N)cc1. The molecule has 1 aromatic heterocycles. The van der Waals surface area contributed by atoms with Gasteiger partial charge < -0.3 is 10.6 Å². The highest BCUT2D eigenvalue weighted by molar-refractivity contribution is 5.80. The molecule has 0 atom stereocenters. The van der Waals surface area contributed by atoms with E-state index in [1.54, 1.807) is 6.21 Å². The van der Waals surface area contributed by atoms with E-state index >= 15 is 0 Å². The predicted molar refractivity (Wildman–Crippen MR) is 70.6 cm³/mol. The van der Waals surface area contributed by atoms with Gasteiger partial charge in [-0.15, -0.1) is 0 Å². The molecule has 0 spiro atoms. The van der Waals surface area contributed by atoms with E-state index in [0.29, 0.717) is 0 Å². The van der Waals surface area contributed by atoms with E-state index in [9.17, 15) is 0 Å². The second-order valence-electron chi connectivity index (χ2n) is 3.78. The van der Waals surface area contributed by atoms with Crippen molar-refractivity contribution in [2.24, 2.45) is 5.10 Å². The summed E-state index contributed by atoms with van der Waals surface area (Å²) in [5.41, 5.74) is 7.61. The second-order valence-corrected chi connectivity index (χ2v) is 3.78. The third-order valence-corrected chi connectivity index (χ3v) is 2.60. The van der Waals surface area contributed by atoms with Gasteiger partial charge in [0, 0.05) is 19.3 Å². The summed E-state index contributed by atoms with van der Waals surface area (Å²) in [5, 5.41) is 14.6. The monoisotopic (exact) mass is 245 g/mol. The Morgan fingerprint density at radius 3 is 2.67 bits per heavy atom. The molecule has 0 bridgehead atoms. The number of nitrogens with two attached hydrogens (primary N) is 1. The first kappa shape index (κ1) is 12.0. The van der Waals surface area contributed by atoms with Crippen molar-refractivity contribution in [2.75, 3.05) is 24.2 Å². The Kier molecular flexibility index (Phi) is 3.52. The molecule has 0 fully saturated rings. The van der Waals surface area contributed by atoms with Crippen LogP contribution in [0.2, 0.25) is 0 Å². The van der Waals surface area contributed by atoms with E-state index in [0.717, 1.165) is 17.8 Å². The molecule has 0 saturated carbocycles. The maximum absolute atomic E-state index is 5.49. The van der Waals surface area contributed by atoms with Crippen LogP contribution in [0.25, 0.3) is 0 Å². The van der Waals surface area contributed by atoms with Crippen molar-refractivity contribution in [1.29, 1.82) is 0 Å². The molecular weight excluding hydrogens is 230 g/mol. The van der Waals surface area contributed by atoms with E-state index in [1.807, 2.05) is 31.3 Å². The Morgan fingerprint density at radius 2 is 2.11 bits per heavy atom. The molecular formula is C11H15N7. The number of nitrogen functional groups attached to an aromatic ring is 1. The van der Waals surface area contributed by atoms with Gasteiger partial charge in [-0.05, 0) is 35.0 Å². The van der Waals surface area contributed by atoms with Crippen molar-refractivity contribution >= 4 is 17.9 Å². The number of tetrazole rings is 1. The molecule has 2 aromatic rings. The number of nitrogens with zero attached hydrogens (tertiary/aromatic N) is 6. The zero-order valence-electron chi connectivity index (χ0n) is 10.4. The fourth-order valence-electron chi connectivity index (χ4n) is 1.39. The lowest BCUT2D eigenvalue weighted by Crippen LogP contribution is -2.15. The van der Waals surface area contributed by atoms with Crippen LogP contribution in [-0.2, 0) is 0 Å². The quantitative estimate of drug-likeness (QED) is 0.797. The van der Waals surface area contributed by atoms with Crippen molar-refractivity contribution in [3.05, 3.63) is 29.8 Å². The Morgan fingerprint density at radius 1 is 1.39 bits per heavy atom. The van der Waals surface area contributed by atoms with Crippen molar-refractivity contribution in [2.45, 2.75) is 6.92 Å². The fourth-order valence-corrected chi connectivity index (χ4v) is 1.39. The Balaban J connectivity index is 2.11. The number of rotatable bonds is 4. The van der Waals surface area contributed by atoms with Crippen LogP contribution in [0.15, 0.2) is 29.4 Å². The lowest BCUT2D eigenvalue weighted by Gasteiger charge is -2.16. The molecule has 2 rings (SSSR count). The molecule has 0 unspecified atom stereocenters. The third kappa shape index (κ3) is 2.62. The van der Waals surface area contributed by atoms with Crippen LogP contribution in [-0.4, -0.2) is 40.1 Å². The number of hydrogen-bond acceptors (Lipinski definition) is 6. The molecule has 0 saturated heterocycles. The smallest absolute Gasteiger partial charge is 0.263 e. The lowest BCUT2D eigenvalue weighted by atomic mass is 10.2. The number of hydrogen-bond donors (Lipinski definition) is 1. The Hall–Kier alpha value is -2.44. The molecule has 0 aliphatic carbocycles. The van der Waals surface area contributed by atoms with E-state index < -0.39 is 0 Å². The number of aromatic nitrogens is 4. The van der Waals surface area contributed by atoms with Crippen LogP contribution >= 0.6 is 0 Å². The van der Waals surface area contributed by atoms with Gasteiger partial charge in [0.25, 0.3) is 5.95 Å². The highest BCUT2D eigenvalue weighted by Crippen LogP contribution is 2.12. The first-order valence-corrected chi connectivity index (χ1v) is 5.60. The van der Waals surface area contributed by atoms with Crippen molar-refractivity contribution in [3.8, 4) is 0 Å². The lowest BCUT2D eigenvalue weighted by molar-refractivity contribution is 0.699.